The molecule has 0 spiro atoms. The predicted molar refractivity (Wildman–Crippen MR) is 57.1 cm³/mol. The number of nitrogens with zero attached hydrogens (tertiary/aromatic N) is 2. The van der Waals surface area contributed by atoms with Crippen LogP contribution in [0.5, 0.6) is 0 Å². The van der Waals surface area contributed by atoms with Gasteiger partial charge in [-0.25, -0.2) is 9.97 Å². The average Bonchev–Trinajstić information content (AvgIpc) is 3.02. The highest BCUT2D eigenvalue weighted by Crippen LogP contribution is 2.34. The fourth-order valence-electron chi connectivity index (χ4n) is 1.64. The first kappa shape index (κ1) is 9.44. The van der Waals surface area contributed by atoms with Crippen molar-refractivity contribution in [1.82, 2.24) is 9.97 Å². The smallest absolute Gasteiger partial charge is 0.222 e. The fraction of sp³-hybridized carbons (Fsp3) is 0.636. The van der Waals surface area contributed by atoms with Gasteiger partial charge in [-0.3, -0.25) is 0 Å². The van der Waals surface area contributed by atoms with E-state index < -0.39 is 0 Å². The summed E-state index contributed by atoms with van der Waals surface area (Å²) in [5.74, 6) is 1.72. The van der Waals surface area contributed by atoms with Crippen LogP contribution < -0.4 is 5.32 Å². The van der Waals surface area contributed by atoms with Crippen LogP contribution in [0.4, 0.5) is 5.95 Å². The molecule has 1 aromatic rings. The van der Waals surface area contributed by atoms with Gasteiger partial charge in [0.15, 0.2) is 0 Å². The van der Waals surface area contributed by atoms with Crippen LogP contribution in [0.15, 0.2) is 18.5 Å². The first-order valence-corrected chi connectivity index (χ1v) is 5.42. The van der Waals surface area contributed by atoms with Crippen molar-refractivity contribution in [2.24, 2.45) is 5.92 Å². The predicted octanol–water partition coefficient (Wildman–Crippen LogP) is 2.47. The Labute approximate surface area is 85.0 Å². The summed E-state index contributed by atoms with van der Waals surface area (Å²) in [4.78, 5) is 8.34. The van der Waals surface area contributed by atoms with Crippen LogP contribution in [-0.2, 0) is 0 Å². The van der Waals surface area contributed by atoms with Crippen molar-refractivity contribution in [3.05, 3.63) is 18.5 Å². The molecular weight excluding hydrogens is 174 g/mol. The van der Waals surface area contributed by atoms with E-state index in [1.165, 1.54) is 19.3 Å². The van der Waals surface area contributed by atoms with Crippen LogP contribution in [0.3, 0.4) is 0 Å². The second kappa shape index (κ2) is 4.40. The molecule has 1 heterocycles. The average molecular weight is 191 g/mol. The highest BCUT2D eigenvalue weighted by molar-refractivity contribution is 5.24. The highest BCUT2D eigenvalue weighted by Gasteiger charge is 2.24. The van der Waals surface area contributed by atoms with Crippen LogP contribution in [0.1, 0.15) is 32.6 Å². The number of anilines is 1. The normalized spacial score (nSPS) is 17.8. The topological polar surface area (TPSA) is 37.8 Å². The molecule has 76 valence electrons. The van der Waals surface area contributed by atoms with E-state index in [1.807, 2.05) is 6.07 Å². The Morgan fingerprint density at radius 1 is 1.43 bits per heavy atom. The molecule has 1 N–H and O–H groups in total. The molecule has 1 unspecified atom stereocenters. The number of rotatable bonds is 5. The Hall–Kier alpha value is -1.12. The SMILES string of the molecule is CCC(CC1CC1)Nc1ncccn1. The van der Waals surface area contributed by atoms with Crippen LogP contribution in [0.25, 0.3) is 0 Å². The van der Waals surface area contributed by atoms with Crippen LogP contribution in [-0.4, -0.2) is 16.0 Å². The number of hydrogen-bond donors (Lipinski definition) is 1. The lowest BCUT2D eigenvalue weighted by molar-refractivity contribution is 0.583. The molecule has 0 aliphatic heterocycles. The summed E-state index contributed by atoms with van der Waals surface area (Å²) in [5, 5.41) is 3.38. The third-order valence-corrected chi connectivity index (χ3v) is 2.71. The van der Waals surface area contributed by atoms with Crippen molar-refractivity contribution >= 4 is 5.95 Å². The zero-order valence-corrected chi connectivity index (χ0v) is 8.61. The lowest BCUT2D eigenvalue weighted by atomic mass is 10.1. The molecule has 1 aliphatic rings. The fourth-order valence-corrected chi connectivity index (χ4v) is 1.64. The van der Waals surface area contributed by atoms with E-state index in [4.69, 9.17) is 0 Å². The number of nitrogens with one attached hydrogen (secondary N) is 1. The first-order valence-electron chi connectivity index (χ1n) is 5.42. The van der Waals surface area contributed by atoms with Gasteiger partial charge in [0.05, 0.1) is 0 Å². The standard InChI is InChI=1S/C11H17N3/c1-2-10(8-9-4-5-9)14-11-12-6-3-7-13-11/h3,6-7,9-10H,2,4-5,8H2,1H3,(H,12,13,14). The van der Waals surface area contributed by atoms with Gasteiger partial charge in [0.1, 0.15) is 0 Å². The molecule has 0 aromatic carbocycles. The van der Waals surface area contributed by atoms with E-state index in [0.29, 0.717) is 6.04 Å². The van der Waals surface area contributed by atoms with Gasteiger partial charge in [-0.1, -0.05) is 19.8 Å². The molecule has 2 rings (SSSR count). The van der Waals surface area contributed by atoms with Crippen molar-refractivity contribution in [3.8, 4) is 0 Å². The molecule has 3 heteroatoms. The van der Waals surface area contributed by atoms with Gasteiger partial charge >= 0.3 is 0 Å². The van der Waals surface area contributed by atoms with E-state index in [-0.39, 0.29) is 0 Å². The van der Waals surface area contributed by atoms with Crippen molar-refractivity contribution in [2.75, 3.05) is 5.32 Å². The number of aromatic nitrogens is 2. The summed E-state index contributed by atoms with van der Waals surface area (Å²) < 4.78 is 0. The summed E-state index contributed by atoms with van der Waals surface area (Å²) in [7, 11) is 0. The Bertz CT molecular complexity index is 269. The first-order chi connectivity index (χ1) is 6.88. The third kappa shape index (κ3) is 2.69. The Kier molecular flexibility index (Phi) is 2.96. The van der Waals surface area contributed by atoms with Gasteiger partial charge in [-0.05, 0) is 24.8 Å². The summed E-state index contributed by atoms with van der Waals surface area (Å²) in [6, 6.07) is 2.39. The Morgan fingerprint density at radius 2 is 2.14 bits per heavy atom. The van der Waals surface area contributed by atoms with Crippen molar-refractivity contribution in [1.29, 1.82) is 0 Å². The molecule has 1 atom stereocenters. The van der Waals surface area contributed by atoms with Crippen molar-refractivity contribution in [2.45, 2.75) is 38.6 Å². The Balaban J connectivity index is 1.87. The van der Waals surface area contributed by atoms with Crippen molar-refractivity contribution in [3.63, 3.8) is 0 Å². The lowest BCUT2D eigenvalue weighted by Gasteiger charge is -2.15. The van der Waals surface area contributed by atoms with E-state index in [2.05, 4.69) is 22.2 Å². The van der Waals surface area contributed by atoms with Gasteiger partial charge in [-0.2, -0.15) is 0 Å². The van der Waals surface area contributed by atoms with Crippen molar-refractivity contribution < 1.29 is 0 Å². The maximum atomic E-state index is 4.17. The molecule has 14 heavy (non-hydrogen) atoms. The minimum atomic E-state index is 0.546. The molecule has 1 fully saturated rings. The summed E-state index contributed by atoms with van der Waals surface area (Å²) >= 11 is 0. The van der Waals surface area contributed by atoms with Crippen LogP contribution in [0.2, 0.25) is 0 Å². The van der Waals surface area contributed by atoms with E-state index >= 15 is 0 Å². The lowest BCUT2D eigenvalue weighted by Crippen LogP contribution is -2.20. The monoisotopic (exact) mass is 191 g/mol. The third-order valence-electron chi connectivity index (χ3n) is 2.71. The molecular formula is C11H17N3. The van der Waals surface area contributed by atoms with Gasteiger partial charge < -0.3 is 5.32 Å². The van der Waals surface area contributed by atoms with E-state index in [9.17, 15) is 0 Å². The van der Waals surface area contributed by atoms with E-state index in [0.717, 1.165) is 18.3 Å². The molecule has 0 saturated heterocycles. The minimum absolute atomic E-state index is 0.546. The Morgan fingerprint density at radius 3 is 2.71 bits per heavy atom. The molecule has 0 bridgehead atoms. The second-order valence-electron chi connectivity index (χ2n) is 4.00. The van der Waals surface area contributed by atoms with Crippen LogP contribution >= 0.6 is 0 Å². The molecule has 0 amide bonds. The highest BCUT2D eigenvalue weighted by atomic mass is 15.1. The minimum Gasteiger partial charge on any atom is -0.351 e. The summed E-state index contributed by atoms with van der Waals surface area (Å²) in [6.07, 6.45) is 8.80. The molecule has 1 aliphatic carbocycles. The van der Waals surface area contributed by atoms with Gasteiger partial charge in [0.2, 0.25) is 5.95 Å². The molecule has 3 nitrogen and oxygen atoms in total. The molecule has 1 saturated carbocycles. The number of hydrogen-bond acceptors (Lipinski definition) is 3. The quantitative estimate of drug-likeness (QED) is 0.777. The summed E-state index contributed by atoms with van der Waals surface area (Å²) in [6.45, 7) is 2.21. The van der Waals surface area contributed by atoms with Gasteiger partial charge in [0.25, 0.3) is 0 Å². The molecule has 0 radical (unpaired) electrons. The van der Waals surface area contributed by atoms with Gasteiger partial charge in [-0.15, -0.1) is 0 Å². The zero-order chi connectivity index (χ0) is 9.80. The van der Waals surface area contributed by atoms with Crippen LogP contribution in [0, 0.1) is 5.92 Å². The van der Waals surface area contributed by atoms with E-state index in [1.54, 1.807) is 12.4 Å². The molecule has 1 aromatic heterocycles. The van der Waals surface area contributed by atoms with Gasteiger partial charge in [0, 0.05) is 18.4 Å². The largest absolute Gasteiger partial charge is 0.351 e. The zero-order valence-electron chi connectivity index (χ0n) is 8.61. The maximum Gasteiger partial charge on any atom is 0.222 e. The maximum absolute atomic E-state index is 4.17. The summed E-state index contributed by atoms with van der Waals surface area (Å²) in [5.41, 5.74) is 0. The second-order valence-corrected chi connectivity index (χ2v) is 4.00.